The number of hydrogen-bond acceptors (Lipinski definition) is 3. The molecule has 2 heterocycles. The summed E-state index contributed by atoms with van der Waals surface area (Å²) in [4.78, 5) is 9.64. The zero-order chi connectivity index (χ0) is 14.9. The summed E-state index contributed by atoms with van der Waals surface area (Å²) in [6, 6.07) is 22.7. The summed E-state index contributed by atoms with van der Waals surface area (Å²) < 4.78 is 0. The molecule has 2 nitrogen and oxygen atoms in total. The van der Waals surface area contributed by atoms with Crippen molar-refractivity contribution in [2.24, 2.45) is 0 Å². The minimum atomic E-state index is 0.972. The van der Waals surface area contributed by atoms with Crippen LogP contribution in [0.4, 0.5) is 0 Å². The van der Waals surface area contributed by atoms with Gasteiger partial charge in [0.2, 0.25) is 0 Å². The van der Waals surface area contributed by atoms with Crippen LogP contribution in [0, 0.1) is 0 Å². The van der Waals surface area contributed by atoms with E-state index in [9.17, 15) is 0 Å². The fourth-order valence-electron chi connectivity index (χ4n) is 2.66. The molecule has 2 aromatic carbocycles. The molecule has 0 unspecified atom stereocenters. The quantitative estimate of drug-likeness (QED) is 0.377. The van der Waals surface area contributed by atoms with Crippen LogP contribution in [0.15, 0.2) is 71.8 Å². The van der Waals surface area contributed by atoms with Gasteiger partial charge >= 0.3 is 0 Å². The molecular weight excluding hydrogens is 288 g/mol. The van der Waals surface area contributed by atoms with E-state index in [-0.39, 0.29) is 0 Å². The van der Waals surface area contributed by atoms with Gasteiger partial charge in [-0.1, -0.05) is 48.5 Å². The van der Waals surface area contributed by atoms with Crippen molar-refractivity contribution in [1.82, 2.24) is 9.97 Å². The Kier molecular flexibility index (Phi) is 3.28. The van der Waals surface area contributed by atoms with Crippen molar-refractivity contribution in [1.29, 1.82) is 0 Å². The Morgan fingerprint density at radius 3 is 2.36 bits per heavy atom. The highest BCUT2D eigenvalue weighted by atomic mass is 32.2. The summed E-state index contributed by atoms with van der Waals surface area (Å²) in [5.41, 5.74) is 4.11. The Morgan fingerprint density at radius 2 is 1.55 bits per heavy atom. The van der Waals surface area contributed by atoms with Crippen LogP contribution in [0.3, 0.4) is 0 Å². The lowest BCUT2D eigenvalue weighted by molar-refractivity contribution is 1.18. The van der Waals surface area contributed by atoms with Gasteiger partial charge in [-0.05, 0) is 24.5 Å². The van der Waals surface area contributed by atoms with Crippen molar-refractivity contribution < 1.29 is 0 Å². The molecular formula is C19H14N2S. The van der Waals surface area contributed by atoms with Crippen LogP contribution in [-0.2, 0) is 0 Å². The first kappa shape index (κ1) is 13.3. The molecule has 4 aromatic rings. The monoisotopic (exact) mass is 302 g/mol. The lowest BCUT2D eigenvalue weighted by Crippen LogP contribution is -1.91. The van der Waals surface area contributed by atoms with E-state index < -0.39 is 0 Å². The molecule has 0 fully saturated rings. The molecule has 4 rings (SSSR count). The van der Waals surface area contributed by atoms with Gasteiger partial charge in [0.1, 0.15) is 5.03 Å². The SMILES string of the molecule is CSc1nc(-c2ccccc2)cc2nc3ccccc3cc12. The van der Waals surface area contributed by atoms with E-state index in [1.54, 1.807) is 11.8 Å². The molecule has 0 saturated heterocycles. The molecule has 106 valence electrons. The van der Waals surface area contributed by atoms with Gasteiger partial charge in [0.25, 0.3) is 0 Å². The fourth-order valence-corrected chi connectivity index (χ4v) is 3.23. The number of hydrogen-bond donors (Lipinski definition) is 0. The highest BCUT2D eigenvalue weighted by molar-refractivity contribution is 7.98. The number of para-hydroxylation sites is 1. The maximum atomic E-state index is 4.82. The zero-order valence-electron chi connectivity index (χ0n) is 12.2. The van der Waals surface area contributed by atoms with Crippen molar-refractivity contribution in [2.75, 3.05) is 6.26 Å². The number of thioether (sulfide) groups is 1. The number of pyridine rings is 2. The van der Waals surface area contributed by atoms with Crippen LogP contribution in [0.1, 0.15) is 0 Å². The van der Waals surface area contributed by atoms with Gasteiger partial charge in [-0.25, -0.2) is 9.97 Å². The van der Waals surface area contributed by atoms with Crippen molar-refractivity contribution in [3.05, 3.63) is 66.7 Å². The Morgan fingerprint density at radius 1 is 0.773 bits per heavy atom. The molecule has 0 amide bonds. The maximum Gasteiger partial charge on any atom is 0.106 e. The molecule has 0 N–H and O–H groups in total. The van der Waals surface area contributed by atoms with Crippen LogP contribution >= 0.6 is 11.8 Å². The normalized spacial score (nSPS) is 11.1. The zero-order valence-corrected chi connectivity index (χ0v) is 13.0. The molecule has 0 spiro atoms. The van der Waals surface area contributed by atoms with Crippen molar-refractivity contribution >= 4 is 33.6 Å². The van der Waals surface area contributed by atoms with Crippen LogP contribution < -0.4 is 0 Å². The van der Waals surface area contributed by atoms with E-state index in [2.05, 4.69) is 42.7 Å². The first-order chi connectivity index (χ1) is 10.8. The fraction of sp³-hybridized carbons (Fsp3) is 0.0526. The van der Waals surface area contributed by atoms with Gasteiger partial charge in [-0.3, -0.25) is 0 Å². The summed E-state index contributed by atoms with van der Waals surface area (Å²) >= 11 is 1.66. The highest BCUT2D eigenvalue weighted by Crippen LogP contribution is 2.30. The van der Waals surface area contributed by atoms with Crippen molar-refractivity contribution in [3.8, 4) is 11.3 Å². The standard InChI is InChI=1S/C19H14N2S/c1-22-19-15-11-14-9-5-6-10-16(14)20-18(15)12-17(21-19)13-7-3-2-4-8-13/h2-12H,1H3. The van der Waals surface area contributed by atoms with Crippen LogP contribution in [-0.4, -0.2) is 16.2 Å². The summed E-state index contributed by atoms with van der Waals surface area (Å²) in [6.45, 7) is 0. The third-order valence-corrected chi connectivity index (χ3v) is 4.44. The van der Waals surface area contributed by atoms with Gasteiger partial charge < -0.3 is 0 Å². The minimum Gasteiger partial charge on any atom is -0.248 e. The smallest absolute Gasteiger partial charge is 0.106 e. The van der Waals surface area contributed by atoms with Gasteiger partial charge in [-0.15, -0.1) is 11.8 Å². The van der Waals surface area contributed by atoms with E-state index in [4.69, 9.17) is 9.97 Å². The maximum absolute atomic E-state index is 4.82. The van der Waals surface area contributed by atoms with Crippen LogP contribution in [0.5, 0.6) is 0 Å². The van der Waals surface area contributed by atoms with E-state index in [1.807, 2.05) is 30.3 Å². The molecule has 0 atom stereocenters. The second kappa shape index (κ2) is 5.43. The Balaban J connectivity index is 2.04. The molecule has 0 aliphatic carbocycles. The average molecular weight is 302 g/mol. The molecule has 0 bridgehead atoms. The number of aromatic nitrogens is 2. The van der Waals surface area contributed by atoms with E-state index in [1.165, 1.54) is 0 Å². The second-order valence-electron chi connectivity index (χ2n) is 5.13. The first-order valence-electron chi connectivity index (χ1n) is 7.15. The van der Waals surface area contributed by atoms with Crippen LogP contribution in [0.2, 0.25) is 0 Å². The third kappa shape index (κ3) is 2.24. The topological polar surface area (TPSA) is 25.8 Å². The van der Waals surface area contributed by atoms with Crippen molar-refractivity contribution in [2.45, 2.75) is 5.03 Å². The predicted octanol–water partition coefficient (Wildman–Crippen LogP) is 5.17. The van der Waals surface area contributed by atoms with Gasteiger partial charge in [-0.2, -0.15) is 0 Å². The van der Waals surface area contributed by atoms with E-state index >= 15 is 0 Å². The Labute approximate surface area is 133 Å². The summed E-state index contributed by atoms with van der Waals surface area (Å²) in [5, 5.41) is 3.29. The first-order valence-corrected chi connectivity index (χ1v) is 8.37. The molecule has 2 aromatic heterocycles. The molecule has 0 saturated carbocycles. The van der Waals surface area contributed by atoms with Crippen molar-refractivity contribution in [3.63, 3.8) is 0 Å². The minimum absolute atomic E-state index is 0.972. The van der Waals surface area contributed by atoms with E-state index in [0.717, 1.165) is 38.1 Å². The predicted molar refractivity (Wildman–Crippen MR) is 94.3 cm³/mol. The molecule has 0 radical (unpaired) electrons. The molecule has 22 heavy (non-hydrogen) atoms. The third-order valence-electron chi connectivity index (χ3n) is 3.74. The summed E-state index contributed by atoms with van der Waals surface area (Å²) in [6.07, 6.45) is 2.06. The largest absolute Gasteiger partial charge is 0.248 e. The summed E-state index contributed by atoms with van der Waals surface area (Å²) in [7, 11) is 0. The second-order valence-corrected chi connectivity index (χ2v) is 5.93. The number of benzene rings is 2. The number of nitrogens with zero attached hydrogens (tertiary/aromatic N) is 2. The summed E-state index contributed by atoms with van der Waals surface area (Å²) in [5.74, 6) is 0. The molecule has 3 heteroatoms. The van der Waals surface area contributed by atoms with E-state index in [0.29, 0.717) is 0 Å². The number of fused-ring (bicyclic) bond motifs is 2. The lowest BCUT2D eigenvalue weighted by atomic mass is 10.1. The Bertz CT molecular complexity index is 965. The average Bonchev–Trinajstić information content (AvgIpc) is 2.59. The van der Waals surface area contributed by atoms with Gasteiger partial charge in [0.05, 0.1) is 16.7 Å². The molecule has 0 aliphatic rings. The lowest BCUT2D eigenvalue weighted by Gasteiger charge is -2.09. The highest BCUT2D eigenvalue weighted by Gasteiger charge is 2.09. The Hall–Kier alpha value is -2.39. The number of rotatable bonds is 2. The molecule has 0 aliphatic heterocycles. The van der Waals surface area contributed by atoms with Crippen LogP contribution in [0.25, 0.3) is 33.1 Å². The van der Waals surface area contributed by atoms with Gasteiger partial charge in [0.15, 0.2) is 0 Å². The van der Waals surface area contributed by atoms with Gasteiger partial charge in [0, 0.05) is 16.3 Å².